The summed E-state index contributed by atoms with van der Waals surface area (Å²) in [7, 11) is 1.58. The Morgan fingerprint density at radius 3 is 2.65 bits per heavy atom. The molecule has 1 heterocycles. The van der Waals surface area contributed by atoms with E-state index in [0.29, 0.717) is 13.1 Å². The van der Waals surface area contributed by atoms with Gasteiger partial charge in [-0.05, 0) is 25.0 Å². The van der Waals surface area contributed by atoms with Crippen LogP contribution < -0.4 is 11.3 Å². The number of hydrazine groups is 1. The summed E-state index contributed by atoms with van der Waals surface area (Å²) in [4.78, 5) is 13.8. The fraction of sp³-hybridized carbons (Fsp3) is 0.462. The first kappa shape index (κ1) is 14.7. The van der Waals surface area contributed by atoms with E-state index < -0.39 is 23.2 Å². The highest BCUT2D eigenvalue weighted by Gasteiger charge is 2.25. The van der Waals surface area contributed by atoms with Gasteiger partial charge in [-0.25, -0.2) is 8.78 Å². The van der Waals surface area contributed by atoms with Crippen LogP contribution in [-0.2, 0) is 4.74 Å². The van der Waals surface area contributed by atoms with Gasteiger partial charge < -0.3 is 15.1 Å². The van der Waals surface area contributed by atoms with Crippen LogP contribution in [0.3, 0.4) is 0 Å². The maximum Gasteiger partial charge on any atom is 0.254 e. The molecule has 1 aliphatic rings. The van der Waals surface area contributed by atoms with E-state index in [2.05, 4.69) is 0 Å². The number of carbonyl (C=O) groups is 1. The summed E-state index contributed by atoms with van der Waals surface area (Å²) >= 11 is 0. The Bertz CT molecular complexity index is 487. The molecule has 0 aliphatic carbocycles. The molecule has 0 aromatic heterocycles. The molecule has 1 saturated heterocycles. The number of rotatable bonds is 3. The van der Waals surface area contributed by atoms with E-state index in [1.54, 1.807) is 12.0 Å². The molecule has 2 rings (SSSR count). The molecule has 1 aromatic carbocycles. The molecule has 0 spiro atoms. The second-order valence-corrected chi connectivity index (χ2v) is 4.71. The second-order valence-electron chi connectivity index (χ2n) is 4.71. The van der Waals surface area contributed by atoms with Gasteiger partial charge in [-0.15, -0.1) is 0 Å². The minimum Gasteiger partial charge on any atom is -0.380 e. The highest BCUT2D eigenvalue weighted by atomic mass is 19.1. The molecule has 1 unspecified atom stereocenters. The lowest BCUT2D eigenvalue weighted by atomic mass is 10.1. The molecule has 1 amide bonds. The van der Waals surface area contributed by atoms with Gasteiger partial charge in [-0.3, -0.25) is 10.6 Å². The van der Waals surface area contributed by atoms with Crippen molar-refractivity contribution in [3.63, 3.8) is 0 Å². The van der Waals surface area contributed by atoms with Crippen molar-refractivity contribution in [2.75, 3.05) is 25.6 Å². The Kier molecular flexibility index (Phi) is 4.51. The third-order valence-electron chi connectivity index (χ3n) is 3.43. The van der Waals surface area contributed by atoms with Crippen molar-refractivity contribution in [2.45, 2.75) is 18.9 Å². The second kappa shape index (κ2) is 6.15. The van der Waals surface area contributed by atoms with Crippen LogP contribution in [0.25, 0.3) is 0 Å². The molecule has 1 aliphatic heterocycles. The predicted octanol–water partition coefficient (Wildman–Crippen LogP) is 1.50. The maximum absolute atomic E-state index is 13.6. The lowest BCUT2D eigenvalue weighted by Crippen LogP contribution is -2.43. The molecule has 1 fully saturated rings. The van der Waals surface area contributed by atoms with Crippen molar-refractivity contribution in [1.82, 2.24) is 4.90 Å². The van der Waals surface area contributed by atoms with Gasteiger partial charge in [0.25, 0.3) is 5.91 Å². The Morgan fingerprint density at radius 2 is 2.10 bits per heavy atom. The van der Waals surface area contributed by atoms with Gasteiger partial charge in [-0.2, -0.15) is 0 Å². The lowest BCUT2D eigenvalue weighted by Gasteiger charge is -2.32. The summed E-state index contributed by atoms with van der Waals surface area (Å²) in [5.74, 6) is 2.82. The maximum atomic E-state index is 13.6. The molecule has 110 valence electrons. The normalized spacial score (nSPS) is 19.0. The van der Waals surface area contributed by atoms with Crippen LogP contribution in [0, 0.1) is 11.6 Å². The van der Waals surface area contributed by atoms with E-state index in [4.69, 9.17) is 10.6 Å². The summed E-state index contributed by atoms with van der Waals surface area (Å²) in [6.45, 7) is 0.980. The van der Waals surface area contributed by atoms with Gasteiger partial charge in [-0.1, -0.05) is 0 Å². The van der Waals surface area contributed by atoms with E-state index >= 15 is 0 Å². The number of halogens is 2. The monoisotopic (exact) mass is 285 g/mol. The quantitative estimate of drug-likeness (QED) is 0.652. The molecule has 7 heteroatoms. The standard InChI is InChI=1S/C13H17F2N3O2/c1-20-9-3-2-4-18(7-9)13(19)8-5-10(14)12(17-16)11(15)6-8/h5-6,9,17H,2-4,7,16H2,1H3. The van der Waals surface area contributed by atoms with Gasteiger partial charge in [0.05, 0.1) is 6.10 Å². The number of nitrogen functional groups attached to an aromatic ring is 1. The highest BCUT2D eigenvalue weighted by molar-refractivity contribution is 5.94. The third kappa shape index (κ3) is 2.88. The molecular formula is C13H17F2N3O2. The number of piperidine rings is 1. The van der Waals surface area contributed by atoms with Crippen LogP contribution in [-0.4, -0.2) is 37.1 Å². The minimum atomic E-state index is -0.892. The Hall–Kier alpha value is -1.73. The van der Waals surface area contributed by atoms with E-state index in [9.17, 15) is 13.6 Å². The van der Waals surface area contributed by atoms with Crippen molar-refractivity contribution in [3.8, 4) is 0 Å². The Balaban J connectivity index is 2.21. The van der Waals surface area contributed by atoms with E-state index in [1.807, 2.05) is 5.43 Å². The van der Waals surface area contributed by atoms with Crippen LogP contribution in [0.5, 0.6) is 0 Å². The number of anilines is 1. The van der Waals surface area contributed by atoms with E-state index in [1.165, 1.54) is 0 Å². The first-order valence-corrected chi connectivity index (χ1v) is 6.34. The summed E-state index contributed by atoms with van der Waals surface area (Å²) in [6.07, 6.45) is 1.64. The van der Waals surface area contributed by atoms with Gasteiger partial charge in [0.1, 0.15) is 5.69 Å². The largest absolute Gasteiger partial charge is 0.380 e. The van der Waals surface area contributed by atoms with Crippen molar-refractivity contribution >= 4 is 11.6 Å². The van der Waals surface area contributed by atoms with Gasteiger partial charge in [0.2, 0.25) is 0 Å². The summed E-state index contributed by atoms with van der Waals surface area (Å²) < 4.78 is 32.4. The predicted molar refractivity (Wildman–Crippen MR) is 70.1 cm³/mol. The number of benzene rings is 1. The van der Waals surface area contributed by atoms with Crippen molar-refractivity contribution in [3.05, 3.63) is 29.3 Å². The molecule has 0 saturated carbocycles. The van der Waals surface area contributed by atoms with Crippen molar-refractivity contribution in [1.29, 1.82) is 0 Å². The highest BCUT2D eigenvalue weighted by Crippen LogP contribution is 2.22. The first-order valence-electron chi connectivity index (χ1n) is 6.34. The Labute approximate surface area is 115 Å². The SMILES string of the molecule is COC1CCCN(C(=O)c2cc(F)c(NN)c(F)c2)C1. The average molecular weight is 285 g/mol. The number of nitrogens with zero attached hydrogens (tertiary/aromatic N) is 1. The number of nitrogens with two attached hydrogens (primary N) is 1. The van der Waals surface area contributed by atoms with Crippen LogP contribution >= 0.6 is 0 Å². The van der Waals surface area contributed by atoms with E-state index in [0.717, 1.165) is 25.0 Å². The zero-order valence-electron chi connectivity index (χ0n) is 11.2. The fourth-order valence-electron chi connectivity index (χ4n) is 2.33. The number of carbonyl (C=O) groups excluding carboxylic acids is 1. The molecule has 0 radical (unpaired) electrons. The molecular weight excluding hydrogens is 268 g/mol. The van der Waals surface area contributed by atoms with E-state index in [-0.39, 0.29) is 11.7 Å². The fourth-order valence-corrected chi connectivity index (χ4v) is 2.33. The number of methoxy groups -OCH3 is 1. The average Bonchev–Trinajstić information content (AvgIpc) is 2.46. The topological polar surface area (TPSA) is 67.6 Å². The Morgan fingerprint density at radius 1 is 1.45 bits per heavy atom. The number of amides is 1. The molecule has 5 nitrogen and oxygen atoms in total. The first-order chi connectivity index (χ1) is 9.56. The van der Waals surface area contributed by atoms with Crippen LogP contribution in [0.1, 0.15) is 23.2 Å². The van der Waals surface area contributed by atoms with Gasteiger partial charge in [0.15, 0.2) is 11.6 Å². The zero-order chi connectivity index (χ0) is 14.7. The number of ether oxygens (including phenoxy) is 1. The van der Waals surface area contributed by atoms with Crippen LogP contribution in [0.15, 0.2) is 12.1 Å². The third-order valence-corrected chi connectivity index (χ3v) is 3.43. The number of nitrogens with one attached hydrogen (secondary N) is 1. The summed E-state index contributed by atoms with van der Waals surface area (Å²) in [6, 6.07) is 1.97. The number of hydrogen-bond donors (Lipinski definition) is 2. The number of hydrogen-bond acceptors (Lipinski definition) is 4. The smallest absolute Gasteiger partial charge is 0.254 e. The van der Waals surface area contributed by atoms with Crippen molar-refractivity contribution < 1.29 is 18.3 Å². The van der Waals surface area contributed by atoms with Crippen LogP contribution in [0.2, 0.25) is 0 Å². The molecule has 1 atom stereocenters. The minimum absolute atomic E-state index is 0.0317. The summed E-state index contributed by atoms with van der Waals surface area (Å²) in [5.41, 5.74) is 1.45. The molecule has 3 N–H and O–H groups in total. The zero-order valence-corrected chi connectivity index (χ0v) is 11.2. The van der Waals surface area contributed by atoms with Gasteiger partial charge >= 0.3 is 0 Å². The lowest BCUT2D eigenvalue weighted by molar-refractivity contribution is 0.0268. The van der Waals surface area contributed by atoms with Crippen molar-refractivity contribution in [2.24, 2.45) is 5.84 Å². The van der Waals surface area contributed by atoms with Crippen LogP contribution in [0.4, 0.5) is 14.5 Å². The molecule has 0 bridgehead atoms. The van der Waals surface area contributed by atoms with Gasteiger partial charge in [0, 0.05) is 25.8 Å². The molecule has 1 aromatic rings. The molecule has 20 heavy (non-hydrogen) atoms. The number of likely N-dealkylation sites (tertiary alicyclic amines) is 1. The summed E-state index contributed by atoms with van der Waals surface area (Å²) in [5, 5.41) is 0.